The van der Waals surface area contributed by atoms with Crippen LogP contribution in [0.4, 0.5) is 0 Å². The molecule has 3 heteroatoms. The largest absolute Gasteiger partial charge is 0.291 e. The molecule has 0 spiro atoms. The van der Waals surface area contributed by atoms with Crippen LogP contribution in [0.1, 0.15) is 13.8 Å². The van der Waals surface area contributed by atoms with Crippen molar-refractivity contribution >= 4 is 5.78 Å². The second-order valence-electron chi connectivity index (χ2n) is 3.78. The molecule has 0 saturated heterocycles. The first-order chi connectivity index (χ1) is 5.24. The predicted octanol–water partition coefficient (Wildman–Crippen LogP) is 1.16. The Bertz CT molecular complexity index is 191. The number of Topliss-reactive ketones (excluding diaryl/α,β-unsaturated/α-hetero) is 1. The average Bonchev–Trinajstić information content (AvgIpc) is 1.82. The Morgan fingerprint density at radius 1 is 1.42 bits per heavy atom. The number of nitrogens with zero attached hydrogens (tertiary/aromatic N) is 1. The lowest BCUT2D eigenvalue weighted by molar-refractivity contribution is -1.06. The minimum absolute atomic E-state index is 0.0388. The van der Waals surface area contributed by atoms with E-state index >= 15 is 0 Å². The van der Waals surface area contributed by atoms with Crippen molar-refractivity contribution in [2.24, 2.45) is 0 Å². The summed E-state index contributed by atoms with van der Waals surface area (Å²) in [6.07, 6.45) is -0.414. The highest BCUT2D eigenvalue weighted by atomic mass is 16.7. The summed E-state index contributed by atoms with van der Waals surface area (Å²) in [4.78, 5) is 16.7. The Morgan fingerprint density at radius 3 is 2.08 bits per heavy atom. The number of hydrogen-bond donors (Lipinski definition) is 0. The number of carbonyl (C=O) groups excluding carboxylic acids is 1. The van der Waals surface area contributed by atoms with E-state index in [1.165, 1.54) is 0 Å². The molecule has 0 fully saturated rings. The molecule has 0 aliphatic heterocycles. The van der Waals surface area contributed by atoms with E-state index in [4.69, 9.17) is 4.84 Å². The Hall–Kier alpha value is -0.670. The number of hydroxylamine groups is 3. The van der Waals surface area contributed by atoms with Gasteiger partial charge in [0.05, 0.1) is 21.1 Å². The molecule has 12 heavy (non-hydrogen) atoms. The summed E-state index contributed by atoms with van der Waals surface area (Å²) in [5.74, 6) is -0.0388. The van der Waals surface area contributed by atoms with Crippen LogP contribution in [0, 0.1) is 0 Å². The minimum Gasteiger partial charge on any atom is -0.291 e. The summed E-state index contributed by atoms with van der Waals surface area (Å²) >= 11 is 0. The van der Waals surface area contributed by atoms with Gasteiger partial charge in [-0.2, -0.15) is 9.48 Å². The Kier molecular flexibility index (Phi) is 3.61. The van der Waals surface area contributed by atoms with E-state index < -0.39 is 6.10 Å². The van der Waals surface area contributed by atoms with Crippen molar-refractivity contribution in [3.63, 3.8) is 0 Å². The Labute approximate surface area is 74.2 Å². The molecular formula is C9H18NO2+. The minimum atomic E-state index is -0.414. The van der Waals surface area contributed by atoms with Gasteiger partial charge in [0, 0.05) is 0 Å². The number of quaternary nitrogens is 1. The van der Waals surface area contributed by atoms with E-state index in [0.29, 0.717) is 10.2 Å². The topological polar surface area (TPSA) is 26.3 Å². The predicted molar refractivity (Wildman–Crippen MR) is 48.4 cm³/mol. The molecule has 0 aromatic heterocycles. The molecular weight excluding hydrogens is 154 g/mol. The molecule has 1 unspecified atom stereocenters. The van der Waals surface area contributed by atoms with Crippen molar-refractivity contribution in [2.45, 2.75) is 20.0 Å². The van der Waals surface area contributed by atoms with Gasteiger partial charge in [-0.3, -0.25) is 4.79 Å². The standard InChI is InChI=1S/C9H18NO2/c1-7(2)9(11)8(3)12-10(4,5)6/h8H,1H2,2-6H3/q+1. The Morgan fingerprint density at radius 2 is 1.83 bits per heavy atom. The van der Waals surface area contributed by atoms with Crippen LogP contribution in [0.15, 0.2) is 12.2 Å². The zero-order valence-electron chi connectivity index (χ0n) is 8.55. The molecule has 0 amide bonds. The van der Waals surface area contributed by atoms with Crippen LogP contribution >= 0.6 is 0 Å². The smallest absolute Gasteiger partial charge is 0.192 e. The molecule has 0 rings (SSSR count). The first-order valence-corrected chi connectivity index (χ1v) is 3.93. The molecule has 1 atom stereocenters. The van der Waals surface area contributed by atoms with Crippen molar-refractivity contribution in [2.75, 3.05) is 21.1 Å². The van der Waals surface area contributed by atoms with Crippen molar-refractivity contribution in [3.05, 3.63) is 12.2 Å². The van der Waals surface area contributed by atoms with Gasteiger partial charge in [-0.25, -0.2) is 0 Å². The fourth-order valence-corrected chi connectivity index (χ4v) is 0.869. The van der Waals surface area contributed by atoms with Gasteiger partial charge in [-0.1, -0.05) is 6.58 Å². The highest BCUT2D eigenvalue weighted by molar-refractivity contribution is 5.97. The van der Waals surface area contributed by atoms with Gasteiger partial charge in [0.1, 0.15) is 0 Å². The second-order valence-corrected chi connectivity index (χ2v) is 3.78. The van der Waals surface area contributed by atoms with Crippen molar-refractivity contribution in [1.82, 2.24) is 0 Å². The summed E-state index contributed by atoms with van der Waals surface area (Å²) in [6, 6.07) is 0. The van der Waals surface area contributed by atoms with Crippen molar-refractivity contribution < 1.29 is 14.3 Å². The quantitative estimate of drug-likeness (QED) is 0.361. The maximum Gasteiger partial charge on any atom is 0.192 e. The van der Waals surface area contributed by atoms with Gasteiger partial charge in [0.25, 0.3) is 0 Å². The van der Waals surface area contributed by atoms with Crippen LogP contribution in [0.5, 0.6) is 0 Å². The van der Waals surface area contributed by atoms with Gasteiger partial charge >= 0.3 is 0 Å². The molecule has 0 aliphatic rings. The average molecular weight is 172 g/mol. The molecule has 0 N–H and O–H groups in total. The SMILES string of the molecule is C=C(C)C(=O)C(C)O[N+](C)(C)C. The highest BCUT2D eigenvalue weighted by Crippen LogP contribution is 2.05. The van der Waals surface area contributed by atoms with Gasteiger partial charge in [0.2, 0.25) is 0 Å². The normalized spacial score (nSPS) is 14.1. The highest BCUT2D eigenvalue weighted by Gasteiger charge is 2.21. The fraction of sp³-hybridized carbons (Fsp3) is 0.667. The van der Waals surface area contributed by atoms with Crippen LogP contribution in [0.3, 0.4) is 0 Å². The molecule has 0 aromatic rings. The van der Waals surface area contributed by atoms with Crippen LogP contribution in [0.25, 0.3) is 0 Å². The third kappa shape index (κ3) is 4.26. The summed E-state index contributed by atoms with van der Waals surface area (Å²) < 4.78 is 0.320. The van der Waals surface area contributed by atoms with Gasteiger partial charge < -0.3 is 0 Å². The lowest BCUT2D eigenvalue weighted by Gasteiger charge is -2.24. The van der Waals surface area contributed by atoms with E-state index in [2.05, 4.69) is 6.58 Å². The third-order valence-electron chi connectivity index (χ3n) is 1.26. The fourth-order valence-electron chi connectivity index (χ4n) is 0.869. The number of rotatable bonds is 4. The second kappa shape index (κ2) is 3.83. The molecule has 3 nitrogen and oxygen atoms in total. The third-order valence-corrected chi connectivity index (χ3v) is 1.26. The molecule has 0 aromatic carbocycles. The maximum absolute atomic E-state index is 11.3. The van der Waals surface area contributed by atoms with Crippen LogP contribution < -0.4 is 0 Å². The zero-order valence-corrected chi connectivity index (χ0v) is 8.55. The van der Waals surface area contributed by atoms with Crippen LogP contribution in [0.2, 0.25) is 0 Å². The monoisotopic (exact) mass is 172 g/mol. The molecule has 0 radical (unpaired) electrons. The molecule has 0 bridgehead atoms. The summed E-state index contributed by atoms with van der Waals surface area (Å²) in [7, 11) is 5.59. The van der Waals surface area contributed by atoms with Crippen molar-refractivity contribution in [1.29, 1.82) is 0 Å². The van der Waals surface area contributed by atoms with E-state index in [-0.39, 0.29) is 5.78 Å². The lowest BCUT2D eigenvalue weighted by atomic mass is 10.1. The Balaban J connectivity index is 4.14. The molecule has 0 saturated carbocycles. The summed E-state index contributed by atoms with van der Waals surface area (Å²) in [6.45, 7) is 7.00. The molecule has 0 heterocycles. The molecule has 70 valence electrons. The van der Waals surface area contributed by atoms with Crippen LogP contribution in [-0.4, -0.2) is 37.7 Å². The number of ketones is 1. The van der Waals surface area contributed by atoms with E-state index in [1.54, 1.807) is 13.8 Å². The van der Waals surface area contributed by atoms with E-state index in [9.17, 15) is 4.79 Å². The number of hydrogen-bond acceptors (Lipinski definition) is 2. The van der Waals surface area contributed by atoms with Crippen molar-refractivity contribution in [3.8, 4) is 0 Å². The van der Waals surface area contributed by atoms with Gasteiger partial charge in [-0.05, 0) is 19.4 Å². The van der Waals surface area contributed by atoms with E-state index in [0.717, 1.165) is 0 Å². The molecule has 0 aliphatic carbocycles. The van der Waals surface area contributed by atoms with Gasteiger partial charge in [-0.15, -0.1) is 0 Å². The summed E-state index contributed by atoms with van der Waals surface area (Å²) in [5, 5.41) is 0. The maximum atomic E-state index is 11.3. The first-order valence-electron chi connectivity index (χ1n) is 3.93. The number of carbonyl (C=O) groups is 1. The first kappa shape index (κ1) is 11.3. The van der Waals surface area contributed by atoms with E-state index in [1.807, 2.05) is 21.1 Å². The lowest BCUT2D eigenvalue weighted by Crippen LogP contribution is -2.40. The van der Waals surface area contributed by atoms with Gasteiger partial charge in [0.15, 0.2) is 11.9 Å². The van der Waals surface area contributed by atoms with Crippen LogP contribution in [-0.2, 0) is 9.63 Å². The summed E-state index contributed by atoms with van der Waals surface area (Å²) in [5.41, 5.74) is 0.538. The zero-order chi connectivity index (χ0) is 9.94.